The van der Waals surface area contributed by atoms with Crippen LogP contribution in [0.25, 0.3) is 0 Å². The molecule has 2 aliphatic heterocycles. The van der Waals surface area contributed by atoms with Crippen LogP contribution in [0.2, 0.25) is 0 Å². The SMILES string of the molecule is O=C(C1Nc2ccccc2S(=O)(=O)N1)N1CC2CC1CCC2(F)F. The molecule has 3 unspecified atom stereocenters. The van der Waals surface area contributed by atoms with E-state index >= 15 is 0 Å². The van der Waals surface area contributed by atoms with Gasteiger partial charge in [0.15, 0.2) is 6.17 Å². The molecule has 0 radical (unpaired) electrons. The van der Waals surface area contributed by atoms with Crippen molar-refractivity contribution in [1.29, 1.82) is 0 Å². The molecule has 130 valence electrons. The van der Waals surface area contributed by atoms with Crippen LogP contribution in [-0.4, -0.2) is 43.9 Å². The number of likely N-dealkylation sites (tertiary alicyclic amines) is 1. The molecule has 2 fully saturated rings. The van der Waals surface area contributed by atoms with Gasteiger partial charge in [-0.25, -0.2) is 17.2 Å². The average molecular weight is 357 g/mol. The number of alkyl halides is 2. The third-order valence-corrected chi connectivity index (χ3v) is 6.58. The van der Waals surface area contributed by atoms with Crippen LogP contribution in [0.5, 0.6) is 0 Å². The van der Waals surface area contributed by atoms with E-state index < -0.39 is 33.9 Å². The van der Waals surface area contributed by atoms with Gasteiger partial charge < -0.3 is 10.2 Å². The van der Waals surface area contributed by atoms with E-state index in [-0.39, 0.29) is 36.7 Å². The number of benzene rings is 1. The van der Waals surface area contributed by atoms with Gasteiger partial charge >= 0.3 is 0 Å². The molecule has 0 spiro atoms. The van der Waals surface area contributed by atoms with Gasteiger partial charge in [0, 0.05) is 24.9 Å². The Labute approximate surface area is 138 Å². The van der Waals surface area contributed by atoms with Crippen molar-refractivity contribution in [2.75, 3.05) is 11.9 Å². The lowest BCUT2D eigenvalue weighted by Gasteiger charge is -2.32. The molecule has 3 atom stereocenters. The molecule has 3 aliphatic rings. The van der Waals surface area contributed by atoms with E-state index in [1.807, 2.05) is 0 Å². The number of halogens is 2. The Bertz CT molecular complexity index is 799. The number of para-hydroxylation sites is 1. The first kappa shape index (κ1) is 15.8. The third kappa shape index (κ3) is 2.37. The number of amides is 1. The van der Waals surface area contributed by atoms with Crippen LogP contribution in [0.15, 0.2) is 29.2 Å². The maximum atomic E-state index is 13.8. The molecule has 2 bridgehead atoms. The number of nitrogens with zero attached hydrogens (tertiary/aromatic N) is 1. The minimum absolute atomic E-state index is 0.0297. The van der Waals surface area contributed by atoms with Gasteiger partial charge in [0.05, 0.1) is 5.69 Å². The molecule has 24 heavy (non-hydrogen) atoms. The van der Waals surface area contributed by atoms with Crippen LogP contribution >= 0.6 is 0 Å². The van der Waals surface area contributed by atoms with Crippen molar-refractivity contribution in [3.63, 3.8) is 0 Å². The van der Waals surface area contributed by atoms with Crippen molar-refractivity contribution in [2.24, 2.45) is 5.92 Å². The molecule has 6 nitrogen and oxygen atoms in total. The van der Waals surface area contributed by atoms with Crippen LogP contribution in [0, 0.1) is 5.92 Å². The van der Waals surface area contributed by atoms with E-state index in [4.69, 9.17) is 0 Å². The number of fused-ring (bicyclic) bond motifs is 3. The van der Waals surface area contributed by atoms with Gasteiger partial charge in [0.1, 0.15) is 4.90 Å². The second kappa shape index (κ2) is 5.13. The maximum Gasteiger partial charge on any atom is 0.261 e. The minimum atomic E-state index is -3.82. The van der Waals surface area contributed by atoms with Crippen LogP contribution in [-0.2, 0) is 14.8 Å². The summed E-state index contributed by atoms with van der Waals surface area (Å²) in [7, 11) is -3.82. The first-order valence-electron chi connectivity index (χ1n) is 7.84. The molecule has 2 N–H and O–H groups in total. The second-order valence-corrected chi connectivity index (χ2v) is 8.25. The molecule has 4 rings (SSSR count). The molecule has 1 aromatic rings. The molecule has 9 heteroatoms. The Morgan fingerprint density at radius 1 is 1.29 bits per heavy atom. The van der Waals surface area contributed by atoms with E-state index in [2.05, 4.69) is 10.0 Å². The first-order valence-corrected chi connectivity index (χ1v) is 9.32. The molecule has 1 saturated carbocycles. The number of nitrogens with one attached hydrogen (secondary N) is 2. The predicted octanol–water partition coefficient (Wildman–Crippen LogP) is 1.36. The molecule has 1 aliphatic carbocycles. The Morgan fingerprint density at radius 3 is 2.79 bits per heavy atom. The van der Waals surface area contributed by atoms with Crippen LogP contribution in [0.4, 0.5) is 14.5 Å². The Morgan fingerprint density at radius 2 is 2.04 bits per heavy atom. The number of anilines is 1. The van der Waals surface area contributed by atoms with Crippen LogP contribution < -0.4 is 10.0 Å². The summed E-state index contributed by atoms with van der Waals surface area (Å²) in [4.78, 5) is 14.2. The topological polar surface area (TPSA) is 78.5 Å². The summed E-state index contributed by atoms with van der Waals surface area (Å²) in [5.74, 6) is -4.09. The smallest absolute Gasteiger partial charge is 0.261 e. The standard InChI is InChI=1S/C15H17F2N3O3S/c16-15(17)6-5-10-7-9(15)8-20(10)14(21)13-18-11-3-1-2-4-12(11)24(22,23)19-13/h1-4,9-10,13,18-19H,5-8H2. The third-order valence-electron chi connectivity index (χ3n) is 5.10. The Hall–Kier alpha value is -1.74. The van der Waals surface area contributed by atoms with E-state index in [9.17, 15) is 22.0 Å². The summed E-state index contributed by atoms with van der Waals surface area (Å²) in [5, 5.41) is 2.86. The zero-order chi connectivity index (χ0) is 17.1. The fraction of sp³-hybridized carbons (Fsp3) is 0.533. The van der Waals surface area contributed by atoms with Crippen molar-refractivity contribution in [1.82, 2.24) is 9.62 Å². The zero-order valence-electron chi connectivity index (χ0n) is 12.7. The molecule has 1 amide bonds. The highest BCUT2D eigenvalue weighted by Crippen LogP contribution is 2.45. The van der Waals surface area contributed by atoms with Gasteiger partial charge in [-0.2, -0.15) is 4.72 Å². The van der Waals surface area contributed by atoms with E-state index in [1.54, 1.807) is 18.2 Å². The Kier molecular flexibility index (Phi) is 3.37. The number of rotatable bonds is 1. The lowest BCUT2D eigenvalue weighted by Crippen LogP contribution is -2.55. The summed E-state index contributed by atoms with van der Waals surface area (Å²) in [6, 6.07) is 6.02. The molecular formula is C15H17F2N3O3S. The summed E-state index contributed by atoms with van der Waals surface area (Å²) in [6.45, 7) is -0.0297. The maximum absolute atomic E-state index is 13.8. The quantitative estimate of drug-likeness (QED) is 0.796. The second-order valence-electron chi connectivity index (χ2n) is 6.57. The average Bonchev–Trinajstić information content (AvgIpc) is 2.91. The molecular weight excluding hydrogens is 340 g/mol. The minimum Gasteiger partial charge on any atom is -0.360 e. The fourth-order valence-corrected chi connectivity index (χ4v) is 5.10. The lowest BCUT2D eigenvalue weighted by atomic mass is 9.87. The van der Waals surface area contributed by atoms with Crippen molar-refractivity contribution < 1.29 is 22.0 Å². The predicted molar refractivity (Wildman–Crippen MR) is 82.0 cm³/mol. The van der Waals surface area contributed by atoms with E-state index in [0.717, 1.165) is 0 Å². The number of carbonyl (C=O) groups is 1. The van der Waals surface area contributed by atoms with Gasteiger partial charge in [-0.15, -0.1) is 0 Å². The normalized spacial score (nSPS) is 32.8. The summed E-state index contributed by atoms with van der Waals surface area (Å²) in [5.41, 5.74) is 0.335. The van der Waals surface area contributed by atoms with Crippen LogP contribution in [0.1, 0.15) is 19.3 Å². The van der Waals surface area contributed by atoms with Crippen molar-refractivity contribution in [3.05, 3.63) is 24.3 Å². The van der Waals surface area contributed by atoms with Crippen molar-refractivity contribution >= 4 is 21.6 Å². The van der Waals surface area contributed by atoms with Crippen molar-refractivity contribution in [3.8, 4) is 0 Å². The fourth-order valence-electron chi connectivity index (χ4n) is 3.83. The Balaban J connectivity index is 1.59. The zero-order valence-corrected chi connectivity index (χ0v) is 13.5. The number of sulfonamides is 1. The molecule has 1 aromatic carbocycles. The summed E-state index contributed by atoms with van der Waals surface area (Å²) >= 11 is 0. The number of carbonyl (C=O) groups excluding carboxylic acids is 1. The van der Waals surface area contributed by atoms with Crippen molar-refractivity contribution in [2.45, 2.75) is 42.3 Å². The summed E-state index contributed by atoms with van der Waals surface area (Å²) < 4.78 is 54.6. The summed E-state index contributed by atoms with van der Waals surface area (Å²) in [6.07, 6.45) is -0.878. The largest absolute Gasteiger partial charge is 0.360 e. The highest BCUT2D eigenvalue weighted by Gasteiger charge is 2.53. The lowest BCUT2D eigenvalue weighted by molar-refractivity contribution is -0.133. The van der Waals surface area contributed by atoms with Gasteiger partial charge in [0.25, 0.3) is 11.8 Å². The van der Waals surface area contributed by atoms with E-state index in [0.29, 0.717) is 5.69 Å². The first-order chi connectivity index (χ1) is 11.3. The van der Waals surface area contributed by atoms with E-state index in [1.165, 1.54) is 11.0 Å². The van der Waals surface area contributed by atoms with Gasteiger partial charge in [0.2, 0.25) is 10.0 Å². The molecule has 1 saturated heterocycles. The molecule has 2 heterocycles. The van der Waals surface area contributed by atoms with Gasteiger partial charge in [-0.3, -0.25) is 4.79 Å². The van der Waals surface area contributed by atoms with Gasteiger partial charge in [-0.1, -0.05) is 12.1 Å². The highest BCUT2D eigenvalue weighted by molar-refractivity contribution is 7.89. The highest BCUT2D eigenvalue weighted by atomic mass is 32.2. The monoisotopic (exact) mass is 357 g/mol. The molecule has 0 aromatic heterocycles. The number of hydrogen-bond donors (Lipinski definition) is 2. The van der Waals surface area contributed by atoms with Gasteiger partial charge in [-0.05, 0) is 25.0 Å². The number of hydrogen-bond acceptors (Lipinski definition) is 4. The van der Waals surface area contributed by atoms with Crippen LogP contribution in [0.3, 0.4) is 0 Å².